The highest BCUT2D eigenvalue weighted by Crippen LogP contribution is 2.17. The molecule has 1 heterocycles. The molecular formula is C11H21N3O2. The summed E-state index contributed by atoms with van der Waals surface area (Å²) in [5.74, 6) is 5.26. The maximum absolute atomic E-state index is 11.7. The van der Waals surface area contributed by atoms with E-state index in [1.807, 2.05) is 11.8 Å². The summed E-state index contributed by atoms with van der Waals surface area (Å²) in [6.07, 6.45) is 4.18. The first-order valence-electron chi connectivity index (χ1n) is 5.93. The second-order valence-electron chi connectivity index (χ2n) is 4.39. The molecule has 1 aliphatic rings. The van der Waals surface area contributed by atoms with Crippen molar-refractivity contribution in [3.63, 3.8) is 0 Å². The third-order valence-corrected chi connectivity index (χ3v) is 3.04. The van der Waals surface area contributed by atoms with E-state index in [4.69, 9.17) is 5.84 Å². The molecule has 1 atom stereocenters. The van der Waals surface area contributed by atoms with Crippen molar-refractivity contribution in [1.29, 1.82) is 0 Å². The Kier molecular flexibility index (Phi) is 5.25. The summed E-state index contributed by atoms with van der Waals surface area (Å²) in [6.45, 7) is 3.61. The Labute approximate surface area is 96.3 Å². The number of amides is 2. The number of nitrogens with one attached hydrogen (secondary N) is 1. The number of hydrogen-bond donors (Lipinski definition) is 2. The molecule has 0 bridgehead atoms. The summed E-state index contributed by atoms with van der Waals surface area (Å²) >= 11 is 0. The fraction of sp³-hybridized carbons (Fsp3) is 0.818. The van der Waals surface area contributed by atoms with E-state index in [9.17, 15) is 9.59 Å². The van der Waals surface area contributed by atoms with E-state index in [1.165, 1.54) is 0 Å². The van der Waals surface area contributed by atoms with Crippen LogP contribution in [0.3, 0.4) is 0 Å². The van der Waals surface area contributed by atoms with Crippen molar-refractivity contribution >= 4 is 11.8 Å². The molecule has 0 saturated carbocycles. The second-order valence-corrected chi connectivity index (χ2v) is 4.39. The molecule has 92 valence electrons. The van der Waals surface area contributed by atoms with Crippen LogP contribution in [0, 0.1) is 5.92 Å². The molecule has 0 spiro atoms. The van der Waals surface area contributed by atoms with Gasteiger partial charge in [0.2, 0.25) is 11.8 Å². The minimum absolute atomic E-state index is 0.140. The average molecular weight is 227 g/mol. The van der Waals surface area contributed by atoms with Gasteiger partial charge < -0.3 is 4.90 Å². The summed E-state index contributed by atoms with van der Waals surface area (Å²) < 4.78 is 0. The molecule has 1 rings (SSSR count). The van der Waals surface area contributed by atoms with Crippen molar-refractivity contribution in [3.05, 3.63) is 0 Å². The normalized spacial score (nSPS) is 21.0. The van der Waals surface area contributed by atoms with Gasteiger partial charge in [-0.05, 0) is 25.7 Å². The zero-order valence-electron chi connectivity index (χ0n) is 9.87. The third kappa shape index (κ3) is 3.81. The van der Waals surface area contributed by atoms with Crippen molar-refractivity contribution in [2.45, 2.75) is 39.0 Å². The molecule has 0 aromatic heterocycles. The number of hydrazine groups is 1. The Balaban J connectivity index is 2.17. The van der Waals surface area contributed by atoms with Crippen LogP contribution in [0.1, 0.15) is 39.0 Å². The van der Waals surface area contributed by atoms with Gasteiger partial charge in [0.15, 0.2) is 0 Å². The van der Waals surface area contributed by atoms with Crippen molar-refractivity contribution < 1.29 is 9.59 Å². The van der Waals surface area contributed by atoms with E-state index >= 15 is 0 Å². The van der Waals surface area contributed by atoms with Crippen LogP contribution in [0.2, 0.25) is 0 Å². The van der Waals surface area contributed by atoms with Crippen LogP contribution in [-0.2, 0) is 9.59 Å². The summed E-state index contributed by atoms with van der Waals surface area (Å²) in [5.41, 5.74) is 2.10. The average Bonchev–Trinajstić information content (AvgIpc) is 2.29. The number of likely N-dealkylation sites (tertiary alicyclic amines) is 1. The lowest BCUT2D eigenvalue weighted by molar-refractivity contribution is -0.137. The molecule has 2 amide bonds. The maximum Gasteiger partial charge on any atom is 0.233 e. The predicted octanol–water partition coefficient (Wildman–Crippen LogP) is 0.405. The number of nitrogens with zero attached hydrogens (tertiary/aromatic N) is 1. The number of hydrogen-bond acceptors (Lipinski definition) is 3. The largest absolute Gasteiger partial charge is 0.342 e. The smallest absolute Gasteiger partial charge is 0.233 e. The standard InChI is InChI=1S/C11H21N3O2/c1-9-5-4-8-14(11(9)16)7-3-2-6-10(15)13-12/h9H,2-8,12H2,1H3,(H,13,15). The number of rotatable bonds is 5. The van der Waals surface area contributed by atoms with Crippen molar-refractivity contribution in [2.75, 3.05) is 13.1 Å². The van der Waals surface area contributed by atoms with Crippen LogP contribution in [-0.4, -0.2) is 29.8 Å². The molecule has 0 radical (unpaired) electrons. The Morgan fingerprint density at radius 2 is 2.31 bits per heavy atom. The van der Waals surface area contributed by atoms with Crippen LogP contribution >= 0.6 is 0 Å². The highest BCUT2D eigenvalue weighted by atomic mass is 16.2. The molecule has 1 aliphatic heterocycles. The van der Waals surface area contributed by atoms with Crippen molar-refractivity contribution in [3.8, 4) is 0 Å². The Morgan fingerprint density at radius 1 is 1.56 bits per heavy atom. The van der Waals surface area contributed by atoms with Gasteiger partial charge in [0.1, 0.15) is 0 Å². The monoisotopic (exact) mass is 227 g/mol. The summed E-state index contributed by atoms with van der Waals surface area (Å²) in [7, 11) is 0. The van der Waals surface area contributed by atoms with E-state index in [1.54, 1.807) is 0 Å². The lowest BCUT2D eigenvalue weighted by Gasteiger charge is -2.30. The van der Waals surface area contributed by atoms with Gasteiger partial charge in [-0.15, -0.1) is 0 Å². The minimum Gasteiger partial charge on any atom is -0.342 e. The van der Waals surface area contributed by atoms with E-state index in [2.05, 4.69) is 5.43 Å². The Hall–Kier alpha value is -1.10. The van der Waals surface area contributed by atoms with E-state index in [0.717, 1.165) is 38.8 Å². The van der Waals surface area contributed by atoms with Crippen LogP contribution in [0.15, 0.2) is 0 Å². The molecule has 0 aromatic rings. The lowest BCUT2D eigenvalue weighted by atomic mass is 9.99. The zero-order valence-corrected chi connectivity index (χ0v) is 9.87. The molecule has 1 fully saturated rings. The van der Waals surface area contributed by atoms with Gasteiger partial charge in [-0.1, -0.05) is 6.92 Å². The SMILES string of the molecule is CC1CCCN(CCCCC(=O)NN)C1=O. The highest BCUT2D eigenvalue weighted by Gasteiger charge is 2.24. The highest BCUT2D eigenvalue weighted by molar-refractivity contribution is 5.79. The van der Waals surface area contributed by atoms with Gasteiger partial charge in [-0.3, -0.25) is 15.0 Å². The van der Waals surface area contributed by atoms with E-state index in [-0.39, 0.29) is 17.7 Å². The molecule has 1 unspecified atom stereocenters. The van der Waals surface area contributed by atoms with Crippen molar-refractivity contribution in [1.82, 2.24) is 10.3 Å². The van der Waals surface area contributed by atoms with Gasteiger partial charge in [0, 0.05) is 25.4 Å². The summed E-state index contributed by atoms with van der Waals surface area (Å²) in [4.78, 5) is 24.5. The molecule has 16 heavy (non-hydrogen) atoms. The number of unbranched alkanes of at least 4 members (excludes halogenated alkanes) is 1. The van der Waals surface area contributed by atoms with Crippen molar-refractivity contribution in [2.24, 2.45) is 11.8 Å². The van der Waals surface area contributed by atoms with Crippen LogP contribution in [0.4, 0.5) is 0 Å². The van der Waals surface area contributed by atoms with Gasteiger partial charge in [-0.25, -0.2) is 5.84 Å². The fourth-order valence-corrected chi connectivity index (χ4v) is 2.02. The van der Waals surface area contributed by atoms with E-state index in [0.29, 0.717) is 6.42 Å². The van der Waals surface area contributed by atoms with Crippen LogP contribution in [0.5, 0.6) is 0 Å². The number of carbonyl (C=O) groups is 2. The van der Waals surface area contributed by atoms with Gasteiger partial charge in [0.25, 0.3) is 0 Å². The quantitative estimate of drug-likeness (QED) is 0.309. The third-order valence-electron chi connectivity index (χ3n) is 3.04. The molecule has 1 saturated heterocycles. The molecule has 5 nitrogen and oxygen atoms in total. The summed E-state index contributed by atoms with van der Waals surface area (Å²) in [5, 5.41) is 0. The summed E-state index contributed by atoms with van der Waals surface area (Å²) in [6, 6.07) is 0. The molecule has 0 aliphatic carbocycles. The Bertz CT molecular complexity index is 256. The first-order chi connectivity index (χ1) is 7.65. The topological polar surface area (TPSA) is 75.4 Å². The van der Waals surface area contributed by atoms with Crippen LogP contribution in [0.25, 0.3) is 0 Å². The number of nitrogens with two attached hydrogens (primary N) is 1. The van der Waals surface area contributed by atoms with E-state index < -0.39 is 0 Å². The predicted molar refractivity (Wildman–Crippen MR) is 61.2 cm³/mol. The maximum atomic E-state index is 11.7. The molecule has 5 heteroatoms. The van der Waals surface area contributed by atoms with Gasteiger partial charge in [-0.2, -0.15) is 0 Å². The second kappa shape index (κ2) is 6.48. The first kappa shape index (κ1) is 13.0. The number of carbonyl (C=O) groups excluding carboxylic acids is 2. The number of piperidine rings is 1. The fourth-order valence-electron chi connectivity index (χ4n) is 2.02. The van der Waals surface area contributed by atoms with Gasteiger partial charge >= 0.3 is 0 Å². The molecule has 3 N–H and O–H groups in total. The first-order valence-corrected chi connectivity index (χ1v) is 5.93. The van der Waals surface area contributed by atoms with Gasteiger partial charge in [0.05, 0.1) is 0 Å². The van der Waals surface area contributed by atoms with Crippen LogP contribution < -0.4 is 11.3 Å². The lowest BCUT2D eigenvalue weighted by Crippen LogP contribution is -2.40. The zero-order chi connectivity index (χ0) is 12.0. The molecular weight excluding hydrogens is 206 g/mol. The Morgan fingerprint density at radius 3 is 3.00 bits per heavy atom. The molecule has 0 aromatic carbocycles. The minimum atomic E-state index is -0.140.